The first-order valence-electron chi connectivity index (χ1n) is 7.90. The molecule has 1 fully saturated rings. The number of carbonyl (C=O) groups excluding carboxylic acids is 1. The molecular formula is C16H22Cl2N2O3S. The minimum absolute atomic E-state index is 0.0167. The Bertz CT molecular complexity index is 709. The van der Waals surface area contributed by atoms with Crippen molar-refractivity contribution in [1.82, 2.24) is 9.21 Å². The summed E-state index contributed by atoms with van der Waals surface area (Å²) in [6, 6.07) is 5.31. The van der Waals surface area contributed by atoms with Crippen molar-refractivity contribution < 1.29 is 13.2 Å². The molecule has 24 heavy (non-hydrogen) atoms. The van der Waals surface area contributed by atoms with Gasteiger partial charge in [0.2, 0.25) is 15.9 Å². The first-order valence-corrected chi connectivity index (χ1v) is 10.5. The summed E-state index contributed by atoms with van der Waals surface area (Å²) in [4.78, 5) is 14.5. The van der Waals surface area contributed by atoms with Gasteiger partial charge in [0.15, 0.2) is 0 Å². The molecule has 1 aromatic rings. The Kier molecular flexibility index (Phi) is 6.53. The van der Waals surface area contributed by atoms with Crippen LogP contribution in [0, 0.1) is 5.92 Å². The fourth-order valence-corrected chi connectivity index (χ4v) is 4.14. The summed E-state index contributed by atoms with van der Waals surface area (Å²) >= 11 is 11.9. The van der Waals surface area contributed by atoms with Gasteiger partial charge in [-0.15, -0.1) is 0 Å². The van der Waals surface area contributed by atoms with E-state index in [1.54, 1.807) is 17.0 Å². The third-order valence-electron chi connectivity index (χ3n) is 4.25. The summed E-state index contributed by atoms with van der Waals surface area (Å²) in [6.07, 6.45) is 2.60. The van der Waals surface area contributed by atoms with Crippen molar-refractivity contribution >= 4 is 39.1 Å². The number of halogens is 2. The number of sulfonamides is 1. The van der Waals surface area contributed by atoms with Crippen molar-refractivity contribution in [1.29, 1.82) is 0 Å². The van der Waals surface area contributed by atoms with Crippen LogP contribution in [0.25, 0.3) is 0 Å². The monoisotopic (exact) mass is 392 g/mol. The molecule has 1 saturated heterocycles. The number of benzene rings is 1. The molecule has 0 saturated carbocycles. The predicted molar refractivity (Wildman–Crippen MR) is 96.7 cm³/mol. The minimum atomic E-state index is -3.26. The van der Waals surface area contributed by atoms with Crippen LogP contribution in [0.5, 0.6) is 0 Å². The van der Waals surface area contributed by atoms with E-state index in [4.69, 9.17) is 23.2 Å². The lowest BCUT2D eigenvalue weighted by Gasteiger charge is -2.33. The van der Waals surface area contributed by atoms with Gasteiger partial charge < -0.3 is 4.90 Å². The van der Waals surface area contributed by atoms with E-state index < -0.39 is 10.0 Å². The minimum Gasteiger partial charge on any atom is -0.338 e. The molecule has 134 valence electrons. The summed E-state index contributed by atoms with van der Waals surface area (Å²) in [7, 11) is -3.26. The lowest BCUT2D eigenvalue weighted by Crippen LogP contribution is -2.46. The summed E-state index contributed by atoms with van der Waals surface area (Å²) in [6.45, 7) is 3.64. The van der Waals surface area contributed by atoms with Crippen molar-refractivity contribution in [2.24, 2.45) is 5.92 Å². The van der Waals surface area contributed by atoms with Gasteiger partial charge in [-0.25, -0.2) is 12.7 Å². The average Bonchev–Trinajstić information content (AvgIpc) is 2.54. The van der Waals surface area contributed by atoms with Crippen LogP contribution in [0.1, 0.15) is 25.3 Å². The van der Waals surface area contributed by atoms with E-state index in [-0.39, 0.29) is 18.4 Å². The van der Waals surface area contributed by atoms with Crippen LogP contribution in [0.3, 0.4) is 0 Å². The van der Waals surface area contributed by atoms with E-state index in [9.17, 15) is 13.2 Å². The molecule has 1 unspecified atom stereocenters. The van der Waals surface area contributed by atoms with Gasteiger partial charge in [-0.1, -0.05) is 29.3 Å². The molecule has 2 rings (SSSR count). The summed E-state index contributed by atoms with van der Waals surface area (Å²) in [5.74, 6) is -0.312. The highest BCUT2D eigenvalue weighted by molar-refractivity contribution is 7.88. The summed E-state index contributed by atoms with van der Waals surface area (Å²) in [5, 5.41) is 0.935. The highest BCUT2D eigenvalue weighted by Crippen LogP contribution is 2.25. The van der Waals surface area contributed by atoms with E-state index in [1.165, 1.54) is 10.6 Å². The Morgan fingerprint density at radius 2 is 2.04 bits per heavy atom. The topological polar surface area (TPSA) is 57.7 Å². The maximum atomic E-state index is 12.8. The quantitative estimate of drug-likeness (QED) is 0.773. The molecule has 0 bridgehead atoms. The standard InChI is InChI=1S/C16H22Cl2N2O3S/c1-3-19(10-12-6-7-14(17)15(18)9-12)16(21)13-5-4-8-20(11-13)24(2,22)23/h6-7,9,13H,3-5,8,10-11H2,1-2H3. The van der Waals surface area contributed by atoms with Gasteiger partial charge in [0.1, 0.15) is 0 Å². The fraction of sp³-hybridized carbons (Fsp3) is 0.562. The van der Waals surface area contributed by atoms with E-state index >= 15 is 0 Å². The molecule has 0 N–H and O–H groups in total. The maximum absolute atomic E-state index is 12.8. The number of piperidine rings is 1. The highest BCUT2D eigenvalue weighted by Gasteiger charge is 2.32. The molecule has 0 aliphatic carbocycles. The van der Waals surface area contributed by atoms with Crippen molar-refractivity contribution in [3.8, 4) is 0 Å². The summed E-state index contributed by atoms with van der Waals surface area (Å²) < 4.78 is 24.9. The van der Waals surface area contributed by atoms with Crippen LogP contribution in [0.2, 0.25) is 10.0 Å². The van der Waals surface area contributed by atoms with Crippen molar-refractivity contribution in [3.05, 3.63) is 33.8 Å². The van der Waals surface area contributed by atoms with E-state index in [0.717, 1.165) is 5.56 Å². The molecule has 1 amide bonds. The number of amides is 1. The van der Waals surface area contributed by atoms with Crippen molar-refractivity contribution in [2.45, 2.75) is 26.3 Å². The molecule has 1 heterocycles. The predicted octanol–water partition coefficient (Wildman–Crippen LogP) is 3.01. The molecule has 1 atom stereocenters. The lowest BCUT2D eigenvalue weighted by molar-refractivity contribution is -0.137. The van der Waals surface area contributed by atoms with Gasteiger partial charge in [0, 0.05) is 26.2 Å². The Morgan fingerprint density at radius 1 is 1.33 bits per heavy atom. The number of rotatable bonds is 5. The Labute approximate surface area is 153 Å². The van der Waals surface area contributed by atoms with Gasteiger partial charge in [-0.05, 0) is 37.5 Å². The number of carbonyl (C=O) groups is 1. The van der Waals surface area contributed by atoms with Crippen LogP contribution in [0.15, 0.2) is 18.2 Å². The summed E-state index contributed by atoms with van der Waals surface area (Å²) in [5.41, 5.74) is 0.898. The Balaban J connectivity index is 2.09. The van der Waals surface area contributed by atoms with Crippen LogP contribution in [-0.4, -0.2) is 49.4 Å². The van der Waals surface area contributed by atoms with Gasteiger partial charge >= 0.3 is 0 Å². The number of hydrogen-bond donors (Lipinski definition) is 0. The normalized spacial score (nSPS) is 19.2. The van der Waals surface area contributed by atoms with Gasteiger partial charge in [-0.3, -0.25) is 4.79 Å². The zero-order valence-corrected chi connectivity index (χ0v) is 16.2. The van der Waals surface area contributed by atoms with E-state index in [1.807, 2.05) is 13.0 Å². The smallest absolute Gasteiger partial charge is 0.227 e. The third-order valence-corrected chi connectivity index (χ3v) is 6.26. The zero-order chi connectivity index (χ0) is 17.9. The lowest BCUT2D eigenvalue weighted by atomic mass is 9.98. The average molecular weight is 393 g/mol. The van der Waals surface area contributed by atoms with Crippen LogP contribution in [-0.2, 0) is 21.4 Å². The van der Waals surface area contributed by atoms with Crippen molar-refractivity contribution in [3.63, 3.8) is 0 Å². The largest absolute Gasteiger partial charge is 0.338 e. The second-order valence-electron chi connectivity index (χ2n) is 6.06. The van der Waals surface area contributed by atoms with Gasteiger partial charge in [-0.2, -0.15) is 0 Å². The number of hydrogen-bond acceptors (Lipinski definition) is 3. The SMILES string of the molecule is CCN(Cc1ccc(Cl)c(Cl)c1)C(=O)C1CCCN(S(C)(=O)=O)C1. The molecule has 1 aliphatic heterocycles. The molecule has 1 aromatic carbocycles. The zero-order valence-electron chi connectivity index (χ0n) is 13.8. The molecular weight excluding hydrogens is 371 g/mol. The number of nitrogens with zero attached hydrogens (tertiary/aromatic N) is 2. The van der Waals surface area contributed by atoms with E-state index in [0.29, 0.717) is 42.5 Å². The van der Waals surface area contributed by atoms with Gasteiger partial charge in [0.05, 0.1) is 22.2 Å². The second-order valence-corrected chi connectivity index (χ2v) is 8.86. The Hall–Kier alpha value is -0.820. The maximum Gasteiger partial charge on any atom is 0.227 e. The van der Waals surface area contributed by atoms with Gasteiger partial charge in [0.25, 0.3) is 0 Å². The van der Waals surface area contributed by atoms with Crippen LogP contribution < -0.4 is 0 Å². The highest BCUT2D eigenvalue weighted by atomic mass is 35.5. The second kappa shape index (κ2) is 8.04. The third kappa shape index (κ3) is 4.85. The van der Waals surface area contributed by atoms with E-state index in [2.05, 4.69) is 0 Å². The first kappa shape index (κ1) is 19.5. The molecule has 0 aromatic heterocycles. The molecule has 5 nitrogen and oxygen atoms in total. The van der Waals surface area contributed by atoms with Crippen molar-refractivity contribution in [2.75, 3.05) is 25.9 Å². The molecule has 0 spiro atoms. The molecule has 8 heteroatoms. The molecule has 1 aliphatic rings. The Morgan fingerprint density at radius 3 is 2.62 bits per heavy atom. The van der Waals surface area contributed by atoms with Crippen LogP contribution in [0.4, 0.5) is 0 Å². The van der Waals surface area contributed by atoms with Crippen LogP contribution >= 0.6 is 23.2 Å². The fourth-order valence-electron chi connectivity index (χ4n) is 2.91. The molecule has 0 radical (unpaired) electrons. The first-order chi connectivity index (χ1) is 11.2.